The lowest BCUT2D eigenvalue weighted by molar-refractivity contribution is 0.132. The van der Waals surface area contributed by atoms with Crippen molar-refractivity contribution in [3.8, 4) is 0 Å². The fourth-order valence-corrected chi connectivity index (χ4v) is 2.52. The number of nitrogens with zero attached hydrogens (tertiary/aromatic N) is 3. The van der Waals surface area contributed by atoms with Crippen LogP contribution in [0.3, 0.4) is 0 Å². The molecule has 1 atom stereocenters. The number of urea groups is 1. The molecule has 2 rings (SSSR count). The van der Waals surface area contributed by atoms with Crippen molar-refractivity contribution in [3.05, 3.63) is 11.7 Å². The molecular formula is C15H26N4O2. The Bertz CT molecular complexity index is 458. The lowest BCUT2D eigenvalue weighted by Gasteiger charge is -2.33. The van der Waals surface area contributed by atoms with E-state index in [0.717, 1.165) is 45.2 Å². The summed E-state index contributed by atoms with van der Waals surface area (Å²) in [5.74, 6) is 1.52. The molecule has 0 radical (unpaired) electrons. The number of carbonyl (C=O) groups is 1. The number of nitrogens with one attached hydrogen (secondary N) is 1. The van der Waals surface area contributed by atoms with Crippen molar-refractivity contribution in [2.24, 2.45) is 0 Å². The van der Waals surface area contributed by atoms with E-state index in [-0.39, 0.29) is 18.0 Å². The van der Waals surface area contributed by atoms with Crippen molar-refractivity contribution >= 4 is 6.03 Å². The Labute approximate surface area is 126 Å². The maximum atomic E-state index is 12.3. The lowest BCUT2D eigenvalue weighted by Crippen LogP contribution is -2.45. The van der Waals surface area contributed by atoms with Gasteiger partial charge < -0.3 is 14.7 Å². The second kappa shape index (κ2) is 7.43. The van der Waals surface area contributed by atoms with Crippen LogP contribution in [0.15, 0.2) is 4.52 Å². The number of amides is 2. The molecule has 1 aliphatic rings. The number of carbonyl (C=O) groups excluding carboxylic acids is 1. The maximum absolute atomic E-state index is 12.3. The van der Waals surface area contributed by atoms with Gasteiger partial charge in [-0.1, -0.05) is 32.3 Å². The number of likely N-dealkylation sites (tertiary alicyclic amines) is 1. The summed E-state index contributed by atoms with van der Waals surface area (Å²) in [5, 5.41) is 7.00. The zero-order chi connectivity index (χ0) is 15.2. The second-order valence-corrected chi connectivity index (χ2v) is 5.94. The summed E-state index contributed by atoms with van der Waals surface area (Å²) in [5.41, 5.74) is 0. The molecule has 1 aliphatic heterocycles. The van der Waals surface area contributed by atoms with E-state index < -0.39 is 0 Å². The minimum Gasteiger partial charge on any atom is -0.338 e. The molecule has 118 valence electrons. The molecule has 0 bridgehead atoms. The van der Waals surface area contributed by atoms with E-state index in [9.17, 15) is 4.79 Å². The van der Waals surface area contributed by atoms with Crippen LogP contribution in [0, 0.1) is 0 Å². The van der Waals surface area contributed by atoms with Crippen LogP contribution < -0.4 is 5.32 Å². The smallest absolute Gasteiger partial charge is 0.318 e. The van der Waals surface area contributed by atoms with Crippen LogP contribution in [0.4, 0.5) is 4.79 Å². The van der Waals surface area contributed by atoms with Crippen LogP contribution in [0.1, 0.15) is 76.6 Å². The van der Waals surface area contributed by atoms with E-state index in [4.69, 9.17) is 4.52 Å². The SMILES string of the molecule is CCCCNC(=O)N1CCCC[C@@H]1c1nc(C(C)C)no1. The number of hydrogen-bond donors (Lipinski definition) is 1. The Kier molecular flexibility index (Phi) is 5.59. The number of aromatic nitrogens is 2. The average Bonchev–Trinajstić information content (AvgIpc) is 2.97. The summed E-state index contributed by atoms with van der Waals surface area (Å²) in [6, 6.07) is -0.0992. The molecule has 0 unspecified atom stereocenters. The summed E-state index contributed by atoms with van der Waals surface area (Å²) in [4.78, 5) is 18.6. The zero-order valence-electron chi connectivity index (χ0n) is 13.3. The fraction of sp³-hybridized carbons (Fsp3) is 0.800. The molecule has 2 amide bonds. The van der Waals surface area contributed by atoms with Crippen LogP contribution in [0.25, 0.3) is 0 Å². The van der Waals surface area contributed by atoms with Gasteiger partial charge in [0.2, 0.25) is 5.89 Å². The third-order valence-corrected chi connectivity index (χ3v) is 3.83. The Morgan fingerprint density at radius 3 is 2.95 bits per heavy atom. The van der Waals surface area contributed by atoms with Crippen LogP contribution in [0.2, 0.25) is 0 Å². The van der Waals surface area contributed by atoms with Crippen LogP contribution >= 0.6 is 0 Å². The van der Waals surface area contributed by atoms with Crippen molar-refractivity contribution in [2.45, 2.75) is 64.8 Å². The van der Waals surface area contributed by atoms with Gasteiger partial charge in [0.15, 0.2) is 5.82 Å². The van der Waals surface area contributed by atoms with Crippen molar-refractivity contribution in [1.82, 2.24) is 20.4 Å². The van der Waals surface area contributed by atoms with E-state index in [0.29, 0.717) is 11.7 Å². The number of rotatable bonds is 5. The summed E-state index contributed by atoms with van der Waals surface area (Å²) >= 11 is 0. The zero-order valence-corrected chi connectivity index (χ0v) is 13.3. The number of piperidine rings is 1. The van der Waals surface area contributed by atoms with Gasteiger partial charge in [-0.15, -0.1) is 0 Å². The molecule has 1 aromatic heterocycles. The Hall–Kier alpha value is -1.59. The molecule has 0 saturated carbocycles. The van der Waals surface area contributed by atoms with Gasteiger partial charge in [0, 0.05) is 19.0 Å². The highest BCUT2D eigenvalue weighted by Crippen LogP contribution is 2.30. The summed E-state index contributed by atoms with van der Waals surface area (Å²) in [7, 11) is 0. The lowest BCUT2D eigenvalue weighted by atomic mass is 10.0. The molecule has 21 heavy (non-hydrogen) atoms. The van der Waals surface area contributed by atoms with Crippen LogP contribution in [-0.4, -0.2) is 34.2 Å². The Balaban J connectivity index is 2.05. The molecule has 2 heterocycles. The summed E-state index contributed by atoms with van der Waals surface area (Å²) in [6.45, 7) is 7.65. The molecule has 6 nitrogen and oxygen atoms in total. The largest absolute Gasteiger partial charge is 0.338 e. The first-order valence-electron chi connectivity index (χ1n) is 8.01. The molecule has 1 N–H and O–H groups in total. The highest BCUT2D eigenvalue weighted by Gasteiger charge is 2.32. The molecule has 6 heteroatoms. The van der Waals surface area contributed by atoms with Gasteiger partial charge in [-0.3, -0.25) is 0 Å². The van der Waals surface area contributed by atoms with Gasteiger partial charge in [-0.2, -0.15) is 4.98 Å². The van der Waals surface area contributed by atoms with Crippen molar-refractivity contribution in [3.63, 3.8) is 0 Å². The highest BCUT2D eigenvalue weighted by molar-refractivity contribution is 5.74. The van der Waals surface area contributed by atoms with E-state index >= 15 is 0 Å². The minimum atomic E-state index is -0.0830. The van der Waals surface area contributed by atoms with E-state index in [1.165, 1.54) is 0 Å². The normalized spacial score (nSPS) is 19.0. The van der Waals surface area contributed by atoms with Gasteiger partial charge >= 0.3 is 6.03 Å². The molecular weight excluding hydrogens is 268 g/mol. The monoisotopic (exact) mass is 294 g/mol. The molecule has 1 saturated heterocycles. The first-order valence-corrected chi connectivity index (χ1v) is 8.01. The van der Waals surface area contributed by atoms with Gasteiger partial charge in [0.05, 0.1) is 0 Å². The topological polar surface area (TPSA) is 71.3 Å². The molecule has 0 aromatic carbocycles. The third-order valence-electron chi connectivity index (χ3n) is 3.83. The third kappa shape index (κ3) is 3.95. The number of hydrogen-bond acceptors (Lipinski definition) is 4. The molecule has 1 fully saturated rings. The fourth-order valence-electron chi connectivity index (χ4n) is 2.52. The van der Waals surface area contributed by atoms with E-state index in [2.05, 4.69) is 22.4 Å². The van der Waals surface area contributed by atoms with Crippen LogP contribution in [-0.2, 0) is 0 Å². The van der Waals surface area contributed by atoms with Crippen LogP contribution in [0.5, 0.6) is 0 Å². The summed E-state index contributed by atoms with van der Waals surface area (Å²) < 4.78 is 5.39. The van der Waals surface area contributed by atoms with E-state index in [1.807, 2.05) is 18.7 Å². The van der Waals surface area contributed by atoms with E-state index in [1.54, 1.807) is 0 Å². The average molecular weight is 294 g/mol. The maximum Gasteiger partial charge on any atom is 0.318 e. The standard InChI is InChI=1S/C15H26N4O2/c1-4-5-9-16-15(20)19-10-7-6-8-12(19)14-17-13(11(2)3)18-21-14/h11-12H,4-10H2,1-3H3,(H,16,20)/t12-/m1/s1. The predicted octanol–water partition coefficient (Wildman–Crippen LogP) is 3.23. The predicted molar refractivity (Wildman–Crippen MR) is 80.0 cm³/mol. The Morgan fingerprint density at radius 2 is 2.29 bits per heavy atom. The highest BCUT2D eigenvalue weighted by atomic mass is 16.5. The first-order chi connectivity index (χ1) is 10.1. The van der Waals surface area contributed by atoms with Gasteiger partial charge in [0.25, 0.3) is 0 Å². The molecule has 1 aromatic rings. The van der Waals surface area contributed by atoms with Crippen molar-refractivity contribution in [2.75, 3.05) is 13.1 Å². The second-order valence-electron chi connectivity index (χ2n) is 5.94. The van der Waals surface area contributed by atoms with Gasteiger partial charge in [-0.25, -0.2) is 4.79 Å². The molecule has 0 spiro atoms. The van der Waals surface area contributed by atoms with Crippen molar-refractivity contribution in [1.29, 1.82) is 0 Å². The minimum absolute atomic E-state index is 0.0163. The summed E-state index contributed by atoms with van der Waals surface area (Å²) in [6.07, 6.45) is 5.08. The Morgan fingerprint density at radius 1 is 1.48 bits per heavy atom. The van der Waals surface area contributed by atoms with Crippen molar-refractivity contribution < 1.29 is 9.32 Å². The van der Waals surface area contributed by atoms with Gasteiger partial charge in [0.1, 0.15) is 6.04 Å². The quantitative estimate of drug-likeness (QED) is 0.846. The number of unbranched alkanes of at least 4 members (excludes halogenated alkanes) is 1. The van der Waals surface area contributed by atoms with Gasteiger partial charge in [-0.05, 0) is 25.7 Å². The first kappa shape index (κ1) is 15.8. The molecule has 0 aliphatic carbocycles.